The summed E-state index contributed by atoms with van der Waals surface area (Å²) in [5.74, 6) is -0.382. The fourth-order valence-corrected chi connectivity index (χ4v) is 2.84. The SMILES string of the molecule is O=C(CSc1ccccc1F)NNC(=O)[C@@H]1COc2ccccc2O1. The molecule has 0 saturated heterocycles. The molecule has 2 amide bonds. The number of ether oxygens (including phenoxy) is 2. The lowest BCUT2D eigenvalue weighted by molar-refractivity contribution is -0.134. The number of para-hydroxylation sites is 2. The van der Waals surface area contributed by atoms with Gasteiger partial charge in [0.15, 0.2) is 11.5 Å². The van der Waals surface area contributed by atoms with Crippen LogP contribution in [0.2, 0.25) is 0 Å². The Balaban J connectivity index is 1.45. The molecule has 1 aliphatic heterocycles. The maximum absolute atomic E-state index is 13.5. The highest BCUT2D eigenvalue weighted by Crippen LogP contribution is 2.30. The number of carbonyl (C=O) groups excluding carboxylic acids is 2. The molecule has 25 heavy (non-hydrogen) atoms. The highest BCUT2D eigenvalue weighted by atomic mass is 32.2. The lowest BCUT2D eigenvalue weighted by atomic mass is 10.2. The minimum absolute atomic E-state index is 0.0356. The third kappa shape index (κ3) is 4.42. The molecule has 2 aromatic rings. The van der Waals surface area contributed by atoms with Crippen LogP contribution in [0.3, 0.4) is 0 Å². The van der Waals surface area contributed by atoms with Gasteiger partial charge >= 0.3 is 0 Å². The minimum atomic E-state index is -0.866. The molecule has 0 aromatic heterocycles. The largest absolute Gasteiger partial charge is 0.485 e. The third-order valence-electron chi connectivity index (χ3n) is 3.32. The van der Waals surface area contributed by atoms with Gasteiger partial charge < -0.3 is 9.47 Å². The molecular weight excluding hydrogens is 347 g/mol. The van der Waals surface area contributed by atoms with Crippen LogP contribution in [0.1, 0.15) is 0 Å². The number of fused-ring (bicyclic) bond motifs is 1. The van der Waals surface area contributed by atoms with E-state index in [1.54, 1.807) is 42.5 Å². The van der Waals surface area contributed by atoms with E-state index in [1.807, 2.05) is 0 Å². The van der Waals surface area contributed by atoms with Gasteiger partial charge in [-0.05, 0) is 24.3 Å². The van der Waals surface area contributed by atoms with E-state index in [0.29, 0.717) is 16.4 Å². The number of carbonyl (C=O) groups is 2. The maximum atomic E-state index is 13.5. The number of hydrazine groups is 1. The molecule has 6 nitrogen and oxygen atoms in total. The van der Waals surface area contributed by atoms with Gasteiger partial charge in [-0.25, -0.2) is 4.39 Å². The normalized spacial score (nSPS) is 15.3. The highest BCUT2D eigenvalue weighted by molar-refractivity contribution is 8.00. The van der Waals surface area contributed by atoms with Crippen molar-refractivity contribution >= 4 is 23.6 Å². The van der Waals surface area contributed by atoms with Crippen molar-refractivity contribution in [1.82, 2.24) is 10.9 Å². The number of thioether (sulfide) groups is 1. The zero-order valence-corrected chi connectivity index (χ0v) is 13.8. The van der Waals surface area contributed by atoms with Crippen molar-refractivity contribution in [3.05, 3.63) is 54.3 Å². The van der Waals surface area contributed by atoms with Gasteiger partial charge in [0.1, 0.15) is 12.4 Å². The van der Waals surface area contributed by atoms with Gasteiger partial charge in [-0.3, -0.25) is 20.4 Å². The summed E-state index contributed by atoms with van der Waals surface area (Å²) in [7, 11) is 0. The van der Waals surface area contributed by atoms with E-state index < -0.39 is 23.7 Å². The summed E-state index contributed by atoms with van der Waals surface area (Å²) < 4.78 is 24.4. The Kier molecular flexibility index (Phi) is 5.39. The first-order valence-electron chi connectivity index (χ1n) is 7.48. The molecule has 1 atom stereocenters. The Morgan fingerprint density at radius 3 is 2.60 bits per heavy atom. The summed E-state index contributed by atoms with van der Waals surface area (Å²) in [4.78, 5) is 24.2. The number of benzene rings is 2. The lowest BCUT2D eigenvalue weighted by Crippen LogP contribution is -2.51. The summed E-state index contributed by atoms with van der Waals surface area (Å²) in [6.45, 7) is 0.0443. The second-order valence-corrected chi connectivity index (χ2v) is 6.14. The summed E-state index contributed by atoms with van der Waals surface area (Å²) >= 11 is 1.04. The van der Waals surface area contributed by atoms with Crippen LogP contribution in [0.5, 0.6) is 11.5 Å². The first-order valence-corrected chi connectivity index (χ1v) is 8.46. The van der Waals surface area contributed by atoms with Crippen molar-refractivity contribution in [3.8, 4) is 11.5 Å². The van der Waals surface area contributed by atoms with Crippen molar-refractivity contribution in [2.45, 2.75) is 11.0 Å². The number of halogens is 1. The number of nitrogens with one attached hydrogen (secondary N) is 2. The second kappa shape index (κ2) is 7.89. The summed E-state index contributed by atoms with van der Waals surface area (Å²) in [5, 5.41) is 0. The monoisotopic (exact) mass is 362 g/mol. The number of hydrogen-bond donors (Lipinski definition) is 2. The van der Waals surface area contributed by atoms with E-state index in [4.69, 9.17) is 9.47 Å². The van der Waals surface area contributed by atoms with E-state index in [2.05, 4.69) is 10.9 Å². The molecule has 2 N–H and O–H groups in total. The Hall–Kier alpha value is -2.74. The van der Waals surface area contributed by atoms with Gasteiger partial charge in [0.2, 0.25) is 12.0 Å². The molecule has 8 heteroatoms. The van der Waals surface area contributed by atoms with Gasteiger partial charge in [0.25, 0.3) is 5.91 Å². The lowest BCUT2D eigenvalue weighted by Gasteiger charge is -2.25. The van der Waals surface area contributed by atoms with E-state index >= 15 is 0 Å². The van der Waals surface area contributed by atoms with Gasteiger partial charge in [0.05, 0.1) is 5.75 Å². The van der Waals surface area contributed by atoms with Gasteiger partial charge in [0, 0.05) is 4.90 Å². The topological polar surface area (TPSA) is 76.7 Å². The van der Waals surface area contributed by atoms with E-state index in [9.17, 15) is 14.0 Å². The predicted octanol–water partition coefficient (Wildman–Crippen LogP) is 1.91. The number of rotatable bonds is 4. The zero-order chi connectivity index (χ0) is 17.6. The molecule has 0 bridgehead atoms. The van der Waals surface area contributed by atoms with Crippen molar-refractivity contribution in [2.75, 3.05) is 12.4 Å². The molecule has 1 aliphatic rings. The summed E-state index contributed by atoms with van der Waals surface area (Å²) in [6.07, 6.45) is -0.866. The Morgan fingerprint density at radius 2 is 1.80 bits per heavy atom. The van der Waals surface area contributed by atoms with Gasteiger partial charge in [-0.2, -0.15) is 0 Å². The molecule has 2 aromatic carbocycles. The smallest absolute Gasteiger partial charge is 0.283 e. The van der Waals surface area contributed by atoms with Gasteiger partial charge in [-0.15, -0.1) is 11.8 Å². The molecule has 0 spiro atoms. The zero-order valence-electron chi connectivity index (χ0n) is 13.0. The molecule has 0 aliphatic carbocycles. The molecule has 0 unspecified atom stereocenters. The Bertz CT molecular complexity index is 787. The maximum Gasteiger partial charge on any atom is 0.283 e. The van der Waals surface area contributed by atoms with Crippen LogP contribution in [-0.2, 0) is 9.59 Å². The quantitative estimate of drug-likeness (QED) is 0.642. The van der Waals surface area contributed by atoms with Crippen molar-refractivity contribution in [3.63, 3.8) is 0 Å². The van der Waals surface area contributed by atoms with E-state index in [-0.39, 0.29) is 12.4 Å². The van der Waals surface area contributed by atoms with Crippen LogP contribution in [0.4, 0.5) is 4.39 Å². The number of amides is 2. The van der Waals surface area contributed by atoms with Crippen LogP contribution in [0.15, 0.2) is 53.4 Å². The first-order chi connectivity index (χ1) is 12.1. The Morgan fingerprint density at radius 1 is 1.08 bits per heavy atom. The average Bonchev–Trinajstić information content (AvgIpc) is 2.65. The molecule has 130 valence electrons. The summed E-state index contributed by atoms with van der Waals surface area (Å²) in [6, 6.07) is 13.2. The van der Waals surface area contributed by atoms with E-state index in [0.717, 1.165) is 11.8 Å². The third-order valence-corrected chi connectivity index (χ3v) is 4.37. The van der Waals surface area contributed by atoms with Crippen molar-refractivity contribution < 1.29 is 23.5 Å². The fourth-order valence-electron chi connectivity index (χ4n) is 2.10. The molecule has 0 fully saturated rings. The second-order valence-electron chi connectivity index (χ2n) is 5.12. The van der Waals surface area contributed by atoms with Crippen molar-refractivity contribution in [2.24, 2.45) is 0 Å². The van der Waals surface area contributed by atoms with Crippen LogP contribution < -0.4 is 20.3 Å². The standard InChI is InChI=1S/C17H15FN2O4S/c18-11-5-1-4-8-15(11)25-10-16(21)19-20-17(22)14-9-23-12-6-2-3-7-13(12)24-14/h1-8,14H,9-10H2,(H,19,21)(H,20,22)/t14-/m0/s1. The fraction of sp³-hybridized carbons (Fsp3) is 0.176. The van der Waals surface area contributed by atoms with Crippen LogP contribution >= 0.6 is 11.8 Å². The molecular formula is C17H15FN2O4S. The van der Waals surface area contributed by atoms with E-state index in [1.165, 1.54) is 6.07 Å². The molecule has 3 rings (SSSR count). The minimum Gasteiger partial charge on any atom is -0.485 e. The molecule has 1 heterocycles. The number of hydrogen-bond acceptors (Lipinski definition) is 5. The average molecular weight is 362 g/mol. The summed E-state index contributed by atoms with van der Waals surface area (Å²) in [5.41, 5.74) is 4.56. The molecule has 0 radical (unpaired) electrons. The van der Waals surface area contributed by atoms with Crippen LogP contribution in [0, 0.1) is 5.82 Å². The van der Waals surface area contributed by atoms with Crippen LogP contribution in [0.25, 0.3) is 0 Å². The van der Waals surface area contributed by atoms with Crippen LogP contribution in [-0.4, -0.2) is 30.3 Å². The molecule has 0 saturated carbocycles. The van der Waals surface area contributed by atoms with Gasteiger partial charge in [-0.1, -0.05) is 24.3 Å². The Labute approximate surface area is 147 Å². The first kappa shape index (κ1) is 17.1. The predicted molar refractivity (Wildman–Crippen MR) is 89.8 cm³/mol. The highest BCUT2D eigenvalue weighted by Gasteiger charge is 2.27. The van der Waals surface area contributed by atoms with Crippen molar-refractivity contribution in [1.29, 1.82) is 0 Å².